The molecule has 1 nitrogen and oxygen atoms in total. The molecule has 0 aliphatic rings. The quantitative estimate of drug-likeness (QED) is 0.551. The molecule has 0 aliphatic heterocycles. The smallest absolute Gasteiger partial charge is 0 e. The third-order valence-electron chi connectivity index (χ3n) is 0. The van der Waals surface area contributed by atoms with Crippen molar-refractivity contribution in [1.29, 1.82) is 0 Å². The van der Waals surface area contributed by atoms with E-state index in [4.69, 9.17) is 3.83 Å². The van der Waals surface area contributed by atoms with Crippen molar-refractivity contribution in [2.45, 2.75) is 0 Å². The van der Waals surface area contributed by atoms with Gasteiger partial charge in [-0.05, 0) is 0 Å². The van der Waals surface area contributed by atoms with Crippen LogP contribution in [-0.2, 0) is 19.8 Å². The molecular formula is LaMnOSr. The summed E-state index contributed by atoms with van der Waals surface area (Å²) in [6.45, 7) is 0. The van der Waals surface area contributed by atoms with Crippen molar-refractivity contribution in [1.82, 2.24) is 0 Å². The van der Waals surface area contributed by atoms with Crippen LogP contribution in [0.2, 0.25) is 0 Å². The van der Waals surface area contributed by atoms with Crippen molar-refractivity contribution < 1.29 is 55.4 Å². The molecule has 0 spiro atoms. The molecule has 3 radical (unpaired) electrons. The molecule has 4 heavy (non-hydrogen) atoms. The first-order valence-corrected chi connectivity index (χ1v) is 0.636. The predicted molar refractivity (Wildman–Crippen MR) is 6.44 cm³/mol. The second kappa shape index (κ2) is 16.7. The Morgan fingerprint density at radius 3 is 1.25 bits per heavy atom. The molecule has 0 fully saturated rings. The van der Waals surface area contributed by atoms with Gasteiger partial charge in [0.2, 0.25) is 0 Å². The van der Waals surface area contributed by atoms with E-state index in [1.165, 1.54) is 0 Å². The summed E-state index contributed by atoms with van der Waals surface area (Å²) in [6, 6.07) is 0. The fourth-order valence-electron chi connectivity index (χ4n) is 0. The van der Waals surface area contributed by atoms with Crippen LogP contribution in [0.3, 0.4) is 0 Å². The van der Waals surface area contributed by atoms with Gasteiger partial charge in [-0.3, -0.25) is 0 Å². The Hall–Kier alpha value is 2.99. The molecule has 0 aromatic heterocycles. The van der Waals surface area contributed by atoms with Gasteiger partial charge in [0.05, 0.1) is 0 Å². The van der Waals surface area contributed by atoms with Crippen LogP contribution in [0.25, 0.3) is 0 Å². The molecule has 0 saturated carbocycles. The zero-order chi connectivity index (χ0) is 2.00. The van der Waals surface area contributed by atoms with Gasteiger partial charge in [-0.2, -0.15) is 0 Å². The van der Waals surface area contributed by atoms with Gasteiger partial charge in [-0.25, -0.2) is 0 Å². The Balaban J connectivity index is -0.00000000500. The van der Waals surface area contributed by atoms with Gasteiger partial charge < -0.3 is 0 Å². The van der Waals surface area contributed by atoms with E-state index in [1.807, 2.05) is 0 Å². The van der Waals surface area contributed by atoms with Crippen molar-refractivity contribution in [3.05, 3.63) is 0 Å². The molecule has 0 N–H and O–H groups in total. The zero-order valence-electron chi connectivity index (χ0n) is 2.07. The summed E-state index contributed by atoms with van der Waals surface area (Å²) < 4.78 is 8.06. The van der Waals surface area contributed by atoms with E-state index in [-0.39, 0.29) is 81.1 Å². The van der Waals surface area contributed by atoms with Crippen molar-refractivity contribution in [2.75, 3.05) is 0 Å². The fraction of sp³-hybridized carbons (Fsp3) is 0. The molecule has 0 atom stereocenters. The fourth-order valence-corrected chi connectivity index (χ4v) is 0. The summed E-state index contributed by atoms with van der Waals surface area (Å²) in [6.07, 6.45) is 0. The Morgan fingerprint density at radius 2 is 1.25 bits per heavy atom. The summed E-state index contributed by atoms with van der Waals surface area (Å²) >= 11 is 1.69. The molecule has 0 amide bonds. The van der Waals surface area contributed by atoms with E-state index in [2.05, 4.69) is 0 Å². The van der Waals surface area contributed by atoms with Gasteiger partial charge in [-0.15, -0.1) is 0 Å². The average molecular weight is 297 g/mol. The normalized spacial score (nSPS) is 1.00. The first-order valence-electron chi connectivity index (χ1n) is 0.154. The molecule has 0 saturated heterocycles. The zero-order valence-corrected chi connectivity index (χ0v) is 10.4. The summed E-state index contributed by atoms with van der Waals surface area (Å²) in [5.41, 5.74) is 0. The molecule has 0 rings (SSSR count). The van der Waals surface area contributed by atoms with E-state index >= 15 is 0 Å². The van der Waals surface area contributed by atoms with E-state index in [1.54, 1.807) is 15.9 Å². The molecular weight excluding hydrogens is 297 g/mol. The van der Waals surface area contributed by atoms with Crippen LogP contribution >= 0.6 is 0 Å². The van der Waals surface area contributed by atoms with Crippen LogP contribution in [0.5, 0.6) is 0 Å². The van der Waals surface area contributed by atoms with Gasteiger partial charge in [0, 0.05) is 81.1 Å². The molecule has 0 unspecified atom stereocenters. The first-order chi connectivity index (χ1) is 1.00. The molecule has 18 valence electrons. The van der Waals surface area contributed by atoms with Gasteiger partial charge in [0.25, 0.3) is 0 Å². The molecule has 0 aliphatic carbocycles. The molecule has 0 heterocycles. The Labute approximate surface area is 98.2 Å². The maximum Gasteiger partial charge on any atom is 0 e. The van der Waals surface area contributed by atoms with Gasteiger partial charge >= 0.3 is 19.8 Å². The van der Waals surface area contributed by atoms with Gasteiger partial charge in [-0.1, -0.05) is 0 Å². The summed E-state index contributed by atoms with van der Waals surface area (Å²) in [5.74, 6) is 0. The van der Waals surface area contributed by atoms with E-state index in [0.717, 1.165) is 0 Å². The second-order valence-corrected chi connectivity index (χ2v) is 0. The first kappa shape index (κ1) is 15.8. The average Bonchev–Trinajstić information content (AvgIpc) is 1.00. The number of hydrogen-bond acceptors (Lipinski definition) is 1. The van der Waals surface area contributed by atoms with Crippen LogP contribution in [0.1, 0.15) is 0 Å². The van der Waals surface area contributed by atoms with Crippen LogP contribution in [0, 0.1) is 35.6 Å². The topological polar surface area (TPSA) is 17.1 Å². The summed E-state index contributed by atoms with van der Waals surface area (Å²) in [5, 5.41) is 0. The Kier molecular flexibility index (Phi) is 65.7. The standard InChI is InChI=1S/La.Mn.O.Sr. The Morgan fingerprint density at radius 1 is 1.25 bits per heavy atom. The minimum Gasteiger partial charge on any atom is 0 e. The maximum atomic E-state index is 8.06. The SMILES string of the molecule is [La].[O]=[Mn].[Sr]. The third-order valence-corrected chi connectivity index (χ3v) is 0. The van der Waals surface area contributed by atoms with E-state index in [9.17, 15) is 0 Å². The number of rotatable bonds is 0. The predicted octanol–water partition coefficient (Wildman–Crippen LogP) is -0.502. The minimum atomic E-state index is 0. The van der Waals surface area contributed by atoms with Crippen molar-refractivity contribution in [3.63, 3.8) is 0 Å². The van der Waals surface area contributed by atoms with Gasteiger partial charge in [0.1, 0.15) is 0 Å². The summed E-state index contributed by atoms with van der Waals surface area (Å²) in [7, 11) is 0. The van der Waals surface area contributed by atoms with Crippen molar-refractivity contribution >= 4 is 45.5 Å². The summed E-state index contributed by atoms with van der Waals surface area (Å²) in [4.78, 5) is 0. The van der Waals surface area contributed by atoms with E-state index < -0.39 is 0 Å². The molecule has 0 aromatic rings. The van der Waals surface area contributed by atoms with Gasteiger partial charge in [0.15, 0.2) is 0 Å². The maximum absolute atomic E-state index is 8.06. The van der Waals surface area contributed by atoms with E-state index in [0.29, 0.717) is 0 Å². The molecule has 0 aromatic carbocycles. The monoisotopic (exact) mass is 298 g/mol. The van der Waals surface area contributed by atoms with Crippen LogP contribution in [0.15, 0.2) is 0 Å². The third kappa shape index (κ3) is 8.89. The van der Waals surface area contributed by atoms with Crippen LogP contribution < -0.4 is 0 Å². The molecule has 4 heteroatoms. The van der Waals surface area contributed by atoms with Crippen LogP contribution in [-0.4, -0.2) is 45.5 Å². The van der Waals surface area contributed by atoms with Crippen LogP contribution in [0.4, 0.5) is 0 Å². The van der Waals surface area contributed by atoms with Crippen molar-refractivity contribution in [2.24, 2.45) is 0 Å². The largest absolute Gasteiger partial charge is 0 e. The second-order valence-electron chi connectivity index (χ2n) is 0. The van der Waals surface area contributed by atoms with Crippen molar-refractivity contribution in [3.8, 4) is 0 Å². The molecule has 0 bridgehead atoms. The Bertz CT molecular complexity index is 8.00. The number of hydrogen-bond donors (Lipinski definition) is 0. The minimum absolute atomic E-state index is 0.